The number of benzene rings is 1. The minimum absolute atomic E-state index is 0.00293. The van der Waals surface area contributed by atoms with Gasteiger partial charge in [0.1, 0.15) is 5.75 Å². The summed E-state index contributed by atoms with van der Waals surface area (Å²) in [5, 5.41) is 0. The summed E-state index contributed by atoms with van der Waals surface area (Å²) in [6, 6.07) is 6.12. The van der Waals surface area contributed by atoms with Gasteiger partial charge in [-0.05, 0) is 59.2 Å². The largest absolute Gasteiger partial charge is 0.493 e. The second-order valence-electron chi connectivity index (χ2n) is 6.11. The fourth-order valence-corrected chi connectivity index (χ4v) is 1.80. The Morgan fingerprint density at radius 3 is 2.52 bits per heavy atom. The molecule has 0 amide bonds. The third kappa shape index (κ3) is 6.04. The molecule has 1 aromatic rings. The predicted octanol–water partition coefficient (Wildman–Crippen LogP) is 4.70. The maximum Gasteiger partial charge on any atom is 0.129 e. The molecule has 0 fully saturated rings. The normalized spacial score (nSPS) is 11.8. The maximum atomic E-state index is 5.76. The molecule has 114 valence electrons. The van der Waals surface area contributed by atoms with Gasteiger partial charge < -0.3 is 4.74 Å². The van der Waals surface area contributed by atoms with Crippen LogP contribution >= 0.6 is 0 Å². The Labute approximate surface area is 129 Å². The Morgan fingerprint density at radius 2 is 1.95 bits per heavy atom. The van der Waals surface area contributed by atoms with Crippen LogP contribution in [0.5, 0.6) is 5.75 Å². The molecule has 0 radical (unpaired) electrons. The van der Waals surface area contributed by atoms with E-state index >= 15 is 0 Å². The van der Waals surface area contributed by atoms with Crippen molar-refractivity contribution in [2.75, 3.05) is 13.2 Å². The third-order valence-corrected chi connectivity index (χ3v) is 2.83. The summed E-state index contributed by atoms with van der Waals surface area (Å²) in [6.07, 6.45) is 1.05. The van der Waals surface area contributed by atoms with Crippen LogP contribution in [0.15, 0.2) is 23.2 Å². The molecule has 0 aliphatic heterocycles. The van der Waals surface area contributed by atoms with Gasteiger partial charge in [-0.1, -0.05) is 18.8 Å². The van der Waals surface area contributed by atoms with E-state index in [4.69, 9.17) is 4.74 Å². The Bertz CT molecular complexity index is 553. The summed E-state index contributed by atoms with van der Waals surface area (Å²) in [5.41, 5.74) is 3.07. The van der Waals surface area contributed by atoms with Crippen molar-refractivity contribution in [2.24, 2.45) is 10.4 Å². The number of ether oxygens (including phenoxy) is 1. The smallest absolute Gasteiger partial charge is 0.129 e. The van der Waals surface area contributed by atoms with Gasteiger partial charge in [0.2, 0.25) is 0 Å². The lowest BCUT2D eigenvalue weighted by molar-refractivity contribution is 0.339. The fraction of sp³-hybridized carbons (Fsp3) is 0.526. The van der Waals surface area contributed by atoms with Crippen LogP contribution in [-0.2, 0) is 0 Å². The number of hydrogen-bond acceptors (Lipinski definition) is 2. The second kappa shape index (κ2) is 7.88. The van der Waals surface area contributed by atoms with Gasteiger partial charge in [-0.2, -0.15) is 0 Å². The molecule has 2 heteroatoms. The van der Waals surface area contributed by atoms with E-state index in [9.17, 15) is 0 Å². The predicted molar refractivity (Wildman–Crippen MR) is 91.3 cm³/mol. The molecule has 2 nitrogen and oxygen atoms in total. The molecule has 1 rings (SSSR count). The zero-order valence-corrected chi connectivity index (χ0v) is 14.2. The van der Waals surface area contributed by atoms with Crippen molar-refractivity contribution in [2.45, 2.75) is 48.0 Å². The van der Waals surface area contributed by atoms with E-state index in [1.807, 2.05) is 26.0 Å². The highest BCUT2D eigenvalue weighted by Gasteiger charge is 2.08. The minimum Gasteiger partial charge on any atom is -0.493 e. The number of nitrogens with zero attached hydrogens (tertiary/aromatic N) is 1. The molecular formula is C19H27NO. The second-order valence-corrected chi connectivity index (χ2v) is 6.11. The first-order valence-electron chi connectivity index (χ1n) is 7.68. The van der Waals surface area contributed by atoms with Crippen molar-refractivity contribution in [1.29, 1.82) is 0 Å². The van der Waals surface area contributed by atoms with E-state index in [1.54, 1.807) is 0 Å². The highest BCUT2D eigenvalue weighted by atomic mass is 16.5. The topological polar surface area (TPSA) is 21.6 Å². The molecule has 0 atom stereocenters. The molecule has 21 heavy (non-hydrogen) atoms. The third-order valence-electron chi connectivity index (χ3n) is 2.83. The monoisotopic (exact) mass is 285 g/mol. The Kier molecular flexibility index (Phi) is 6.49. The van der Waals surface area contributed by atoms with Crippen molar-refractivity contribution in [3.8, 4) is 17.6 Å². The van der Waals surface area contributed by atoms with Crippen LogP contribution in [0.2, 0.25) is 0 Å². The van der Waals surface area contributed by atoms with Gasteiger partial charge in [-0.3, -0.25) is 4.99 Å². The van der Waals surface area contributed by atoms with Crippen molar-refractivity contribution >= 4 is 5.71 Å². The summed E-state index contributed by atoms with van der Waals surface area (Å²) in [4.78, 5) is 4.57. The van der Waals surface area contributed by atoms with Gasteiger partial charge >= 0.3 is 0 Å². The molecule has 0 saturated carbocycles. The van der Waals surface area contributed by atoms with E-state index in [1.165, 1.54) is 0 Å². The van der Waals surface area contributed by atoms with Gasteiger partial charge in [0.15, 0.2) is 0 Å². The van der Waals surface area contributed by atoms with E-state index in [0.717, 1.165) is 35.6 Å². The van der Waals surface area contributed by atoms with E-state index < -0.39 is 0 Å². The zero-order chi connectivity index (χ0) is 15.9. The van der Waals surface area contributed by atoms with Crippen LogP contribution in [0, 0.1) is 17.3 Å². The molecule has 0 N–H and O–H groups in total. The first-order chi connectivity index (χ1) is 9.87. The molecule has 0 spiro atoms. The van der Waals surface area contributed by atoms with Crippen LogP contribution in [-0.4, -0.2) is 18.9 Å². The van der Waals surface area contributed by atoms with Gasteiger partial charge in [-0.25, -0.2) is 0 Å². The Balaban J connectivity index is 3.15. The molecule has 0 aromatic heterocycles. The van der Waals surface area contributed by atoms with E-state index in [2.05, 4.69) is 50.6 Å². The Hall–Kier alpha value is -1.75. The first kappa shape index (κ1) is 17.3. The Morgan fingerprint density at radius 1 is 1.24 bits per heavy atom. The lowest BCUT2D eigenvalue weighted by Gasteiger charge is -2.11. The molecule has 0 aliphatic carbocycles. The van der Waals surface area contributed by atoms with Crippen molar-refractivity contribution in [3.05, 3.63) is 29.3 Å². The average Bonchev–Trinajstić information content (AvgIpc) is 2.42. The van der Waals surface area contributed by atoms with Gasteiger partial charge in [0, 0.05) is 28.8 Å². The van der Waals surface area contributed by atoms with E-state index in [0.29, 0.717) is 6.61 Å². The number of rotatable bonds is 5. The van der Waals surface area contributed by atoms with Crippen LogP contribution in [0.4, 0.5) is 0 Å². The summed E-state index contributed by atoms with van der Waals surface area (Å²) >= 11 is 0. The van der Waals surface area contributed by atoms with Gasteiger partial charge in [0.05, 0.1) is 6.61 Å². The fourth-order valence-electron chi connectivity index (χ4n) is 1.80. The molecule has 0 unspecified atom stereocenters. The van der Waals surface area contributed by atoms with Crippen molar-refractivity contribution in [1.82, 2.24) is 0 Å². The quantitative estimate of drug-likeness (QED) is 0.567. The lowest BCUT2D eigenvalue weighted by atomic mass is 9.97. The van der Waals surface area contributed by atoms with Crippen molar-refractivity contribution < 1.29 is 4.74 Å². The standard InChI is InChI=1S/C19H27NO/c1-7-13-20-15(3)17-10-9-16(11-12-19(4,5)6)14-18(17)21-8-2/h9-10,14H,7-8,13H2,1-6H3. The SMILES string of the molecule is CCCN=C(C)c1ccc(C#CC(C)(C)C)cc1OCC. The lowest BCUT2D eigenvalue weighted by Crippen LogP contribution is -2.03. The summed E-state index contributed by atoms with van der Waals surface area (Å²) in [5.74, 6) is 7.35. The first-order valence-corrected chi connectivity index (χ1v) is 7.68. The molecule has 0 aliphatic rings. The minimum atomic E-state index is 0.00293. The maximum absolute atomic E-state index is 5.76. The number of aliphatic imine (C=N–C) groups is 1. The van der Waals surface area contributed by atoms with Crippen LogP contribution in [0.1, 0.15) is 59.1 Å². The van der Waals surface area contributed by atoms with Crippen LogP contribution in [0.25, 0.3) is 0 Å². The molecule has 0 saturated heterocycles. The summed E-state index contributed by atoms with van der Waals surface area (Å²) < 4.78 is 5.76. The molecule has 0 bridgehead atoms. The van der Waals surface area contributed by atoms with Gasteiger partial charge in [0.25, 0.3) is 0 Å². The van der Waals surface area contributed by atoms with Crippen molar-refractivity contribution in [3.63, 3.8) is 0 Å². The number of hydrogen-bond donors (Lipinski definition) is 0. The van der Waals surface area contributed by atoms with Gasteiger partial charge in [-0.15, -0.1) is 0 Å². The highest BCUT2D eigenvalue weighted by molar-refractivity contribution is 6.01. The molecular weight excluding hydrogens is 258 g/mol. The molecule has 1 aromatic carbocycles. The zero-order valence-electron chi connectivity index (χ0n) is 14.2. The summed E-state index contributed by atoms with van der Waals surface area (Å²) in [7, 11) is 0. The summed E-state index contributed by atoms with van der Waals surface area (Å²) in [6.45, 7) is 14.0. The average molecular weight is 285 g/mol. The van der Waals surface area contributed by atoms with E-state index in [-0.39, 0.29) is 5.41 Å². The van der Waals surface area contributed by atoms with Crippen LogP contribution in [0.3, 0.4) is 0 Å². The highest BCUT2D eigenvalue weighted by Crippen LogP contribution is 2.22. The van der Waals surface area contributed by atoms with Crippen LogP contribution < -0.4 is 4.74 Å². The molecule has 0 heterocycles.